The Labute approximate surface area is 152 Å². The lowest BCUT2D eigenvalue weighted by Gasteiger charge is -2.42. The minimum absolute atomic E-state index is 0.316. The molecule has 2 aliphatic rings. The van der Waals surface area contributed by atoms with Gasteiger partial charge in [-0.05, 0) is 44.7 Å². The number of nitrogens with zero attached hydrogens (tertiary/aromatic N) is 3. The summed E-state index contributed by atoms with van der Waals surface area (Å²) in [5.74, 6) is -0.998. The molecule has 1 aromatic rings. The molecule has 0 N–H and O–H groups in total. The van der Waals surface area contributed by atoms with Gasteiger partial charge in [0.15, 0.2) is 0 Å². The van der Waals surface area contributed by atoms with Gasteiger partial charge in [-0.25, -0.2) is 9.69 Å². The summed E-state index contributed by atoms with van der Waals surface area (Å²) in [5, 5.41) is 3.83. The minimum atomic E-state index is -1.31. The third kappa shape index (κ3) is 2.87. The van der Waals surface area contributed by atoms with Gasteiger partial charge in [-0.1, -0.05) is 29.4 Å². The van der Waals surface area contributed by atoms with Crippen LogP contribution >= 0.6 is 0 Å². The lowest BCUT2D eigenvalue weighted by Crippen LogP contribution is -2.65. The lowest BCUT2D eigenvalue weighted by molar-refractivity contribution is -0.165. The summed E-state index contributed by atoms with van der Waals surface area (Å²) in [6.07, 6.45) is 0.449. The van der Waals surface area contributed by atoms with E-state index in [0.29, 0.717) is 25.0 Å². The summed E-state index contributed by atoms with van der Waals surface area (Å²) in [6, 6.07) is 7.20. The molecule has 0 radical (unpaired) electrons. The number of urea groups is 1. The Morgan fingerprint density at radius 2 is 1.88 bits per heavy atom. The normalized spacial score (nSPS) is 26.2. The van der Waals surface area contributed by atoms with Gasteiger partial charge in [-0.3, -0.25) is 14.5 Å². The number of amides is 4. The largest absolute Gasteiger partial charge is 0.370 e. The van der Waals surface area contributed by atoms with Gasteiger partial charge >= 0.3 is 6.03 Å². The lowest BCUT2D eigenvalue weighted by atomic mass is 9.79. The summed E-state index contributed by atoms with van der Waals surface area (Å²) in [5.41, 5.74) is 1.58. The molecule has 0 aliphatic carbocycles. The van der Waals surface area contributed by atoms with Gasteiger partial charge in [0.25, 0.3) is 0 Å². The first-order valence-electron chi connectivity index (χ1n) is 8.65. The second kappa shape index (κ2) is 6.55. The van der Waals surface area contributed by atoms with Gasteiger partial charge in [0.05, 0.1) is 5.71 Å². The number of aryl methyl sites for hydroxylation is 2. The van der Waals surface area contributed by atoms with E-state index in [1.165, 1.54) is 7.05 Å². The molecule has 2 atom stereocenters. The first-order valence-corrected chi connectivity index (χ1v) is 8.65. The third-order valence-corrected chi connectivity index (χ3v) is 5.20. The standard InChI is InChI=1S/C19H23N3O4/c1-12-7-5-6-8-14(12)9-10-19(3)16(23)21(4)18(25)22(17(19)24)15-11-13(2)20-26-15/h5-8,15H,9-11H2,1-4H3. The van der Waals surface area contributed by atoms with E-state index in [9.17, 15) is 14.4 Å². The van der Waals surface area contributed by atoms with Gasteiger partial charge in [-0.15, -0.1) is 0 Å². The molecular formula is C19H23N3O4. The van der Waals surface area contributed by atoms with Crippen molar-refractivity contribution in [3.05, 3.63) is 35.4 Å². The molecule has 4 amide bonds. The Kier molecular flexibility index (Phi) is 4.56. The number of barbiturate groups is 1. The van der Waals surface area contributed by atoms with Crippen LogP contribution < -0.4 is 0 Å². The SMILES string of the molecule is CC1=NOC(N2C(=O)N(C)C(=O)C(C)(CCc3ccccc3C)C2=O)C1. The Hall–Kier alpha value is -2.70. The van der Waals surface area contributed by atoms with Crippen LogP contribution in [0.2, 0.25) is 0 Å². The van der Waals surface area contributed by atoms with Crippen LogP contribution in [-0.4, -0.2) is 46.6 Å². The Morgan fingerprint density at radius 1 is 1.19 bits per heavy atom. The topological polar surface area (TPSA) is 79.3 Å². The van der Waals surface area contributed by atoms with E-state index >= 15 is 0 Å². The molecule has 2 heterocycles. The van der Waals surface area contributed by atoms with Crippen molar-refractivity contribution in [3.63, 3.8) is 0 Å². The molecule has 0 spiro atoms. The van der Waals surface area contributed by atoms with Crippen molar-refractivity contribution < 1.29 is 19.2 Å². The first kappa shape index (κ1) is 18.1. The van der Waals surface area contributed by atoms with E-state index in [-0.39, 0.29) is 0 Å². The number of rotatable bonds is 4. The number of oxime groups is 1. The second-order valence-corrected chi connectivity index (χ2v) is 7.17. The maximum atomic E-state index is 13.1. The van der Waals surface area contributed by atoms with Crippen LogP contribution in [0.1, 0.15) is 37.8 Å². The van der Waals surface area contributed by atoms with Gasteiger partial charge in [-0.2, -0.15) is 0 Å². The zero-order chi connectivity index (χ0) is 19.1. The molecule has 7 nitrogen and oxygen atoms in total. The quantitative estimate of drug-likeness (QED) is 0.776. The van der Waals surface area contributed by atoms with E-state index in [1.54, 1.807) is 13.8 Å². The van der Waals surface area contributed by atoms with Crippen molar-refractivity contribution in [1.29, 1.82) is 0 Å². The third-order valence-electron chi connectivity index (χ3n) is 5.20. The molecule has 0 saturated carbocycles. The van der Waals surface area contributed by atoms with E-state index < -0.39 is 29.5 Å². The molecule has 26 heavy (non-hydrogen) atoms. The number of carbonyl (C=O) groups excluding carboxylic acids is 3. The van der Waals surface area contributed by atoms with Crippen LogP contribution in [0.5, 0.6) is 0 Å². The summed E-state index contributed by atoms with van der Waals surface area (Å²) < 4.78 is 0. The monoisotopic (exact) mass is 357 g/mol. The molecule has 7 heteroatoms. The molecule has 2 aliphatic heterocycles. The van der Waals surface area contributed by atoms with Crippen molar-refractivity contribution in [3.8, 4) is 0 Å². The van der Waals surface area contributed by atoms with Crippen LogP contribution in [-0.2, 0) is 20.8 Å². The Balaban J connectivity index is 1.86. The molecule has 0 aromatic heterocycles. The highest BCUT2D eigenvalue weighted by molar-refractivity contribution is 6.18. The molecule has 2 unspecified atom stereocenters. The predicted molar refractivity (Wildman–Crippen MR) is 95.2 cm³/mol. The van der Waals surface area contributed by atoms with E-state index in [1.807, 2.05) is 31.2 Å². The van der Waals surface area contributed by atoms with E-state index in [4.69, 9.17) is 4.84 Å². The number of imide groups is 2. The van der Waals surface area contributed by atoms with Gasteiger partial charge in [0, 0.05) is 13.5 Å². The average molecular weight is 357 g/mol. The zero-order valence-electron chi connectivity index (χ0n) is 15.5. The highest BCUT2D eigenvalue weighted by Gasteiger charge is 2.55. The summed E-state index contributed by atoms with van der Waals surface area (Å²) in [4.78, 5) is 45.8. The fourth-order valence-electron chi connectivity index (χ4n) is 3.42. The molecule has 0 bridgehead atoms. The average Bonchev–Trinajstić information content (AvgIpc) is 3.04. The van der Waals surface area contributed by atoms with Crippen molar-refractivity contribution in [2.75, 3.05) is 7.05 Å². The number of hydrogen-bond acceptors (Lipinski definition) is 5. The molecule has 3 rings (SSSR count). The first-order chi connectivity index (χ1) is 12.3. The van der Waals surface area contributed by atoms with Crippen molar-refractivity contribution >= 4 is 23.6 Å². The summed E-state index contributed by atoms with van der Waals surface area (Å²) in [7, 11) is 1.40. The van der Waals surface area contributed by atoms with Crippen molar-refractivity contribution in [2.24, 2.45) is 10.6 Å². The van der Waals surface area contributed by atoms with Crippen LogP contribution in [0, 0.1) is 12.3 Å². The fraction of sp³-hybridized carbons (Fsp3) is 0.474. The molecular weight excluding hydrogens is 334 g/mol. The van der Waals surface area contributed by atoms with Crippen LogP contribution in [0.4, 0.5) is 4.79 Å². The predicted octanol–water partition coefficient (Wildman–Crippen LogP) is 2.48. The maximum Gasteiger partial charge on any atom is 0.336 e. The Morgan fingerprint density at radius 3 is 2.50 bits per heavy atom. The highest BCUT2D eigenvalue weighted by atomic mass is 16.7. The van der Waals surface area contributed by atoms with Crippen LogP contribution in [0.3, 0.4) is 0 Å². The summed E-state index contributed by atoms with van der Waals surface area (Å²) >= 11 is 0. The Bertz CT molecular complexity index is 804. The number of carbonyl (C=O) groups is 3. The molecule has 1 saturated heterocycles. The zero-order valence-corrected chi connectivity index (χ0v) is 15.5. The smallest absolute Gasteiger partial charge is 0.336 e. The van der Waals surface area contributed by atoms with Gasteiger partial charge < -0.3 is 4.84 Å². The number of benzene rings is 1. The van der Waals surface area contributed by atoms with Crippen LogP contribution in [0.25, 0.3) is 0 Å². The highest BCUT2D eigenvalue weighted by Crippen LogP contribution is 2.36. The van der Waals surface area contributed by atoms with Crippen molar-refractivity contribution in [1.82, 2.24) is 9.80 Å². The van der Waals surface area contributed by atoms with Gasteiger partial charge in [0.1, 0.15) is 5.41 Å². The summed E-state index contributed by atoms with van der Waals surface area (Å²) in [6.45, 7) is 5.37. The molecule has 1 fully saturated rings. The minimum Gasteiger partial charge on any atom is -0.370 e. The van der Waals surface area contributed by atoms with Crippen molar-refractivity contribution in [2.45, 2.75) is 46.3 Å². The second-order valence-electron chi connectivity index (χ2n) is 7.17. The molecule has 138 valence electrons. The van der Waals surface area contributed by atoms with Gasteiger partial charge in [0.2, 0.25) is 18.0 Å². The fourth-order valence-corrected chi connectivity index (χ4v) is 3.42. The van der Waals surface area contributed by atoms with E-state index in [0.717, 1.165) is 20.9 Å². The molecule has 1 aromatic carbocycles. The van der Waals surface area contributed by atoms with Crippen LogP contribution in [0.15, 0.2) is 29.4 Å². The van der Waals surface area contributed by atoms with E-state index in [2.05, 4.69) is 5.16 Å². The maximum absolute atomic E-state index is 13.1. The number of hydrogen-bond donors (Lipinski definition) is 0.